The van der Waals surface area contributed by atoms with Crippen molar-refractivity contribution in [3.8, 4) is 17.0 Å². The highest BCUT2D eigenvalue weighted by Crippen LogP contribution is 2.27. The van der Waals surface area contributed by atoms with E-state index in [1.165, 1.54) is 12.8 Å². The Balaban J connectivity index is 1.75. The molecule has 0 saturated carbocycles. The molecule has 1 saturated heterocycles. The smallest absolute Gasteiger partial charge is 0.254 e. The Hall–Kier alpha value is -2.88. The Morgan fingerprint density at radius 1 is 1.00 bits per heavy atom. The predicted molar refractivity (Wildman–Crippen MR) is 113 cm³/mol. The average Bonchev–Trinajstić information content (AvgIpc) is 3.03. The molecule has 4 heteroatoms. The van der Waals surface area contributed by atoms with Gasteiger partial charge in [-0.05, 0) is 56.2 Å². The van der Waals surface area contributed by atoms with E-state index in [0.717, 1.165) is 59.4 Å². The fourth-order valence-corrected chi connectivity index (χ4v) is 3.83. The zero-order valence-electron chi connectivity index (χ0n) is 16.4. The molecule has 4 nitrogen and oxygen atoms in total. The topological polar surface area (TPSA) is 42.4 Å². The van der Waals surface area contributed by atoms with Crippen LogP contribution in [0.2, 0.25) is 0 Å². The molecule has 28 heavy (non-hydrogen) atoms. The number of ether oxygens (including phenoxy) is 1. The van der Waals surface area contributed by atoms with Crippen molar-refractivity contribution < 1.29 is 9.53 Å². The number of carbonyl (C=O) groups excluding carboxylic acids is 1. The van der Waals surface area contributed by atoms with E-state index in [4.69, 9.17) is 9.72 Å². The molecule has 1 amide bonds. The highest BCUT2D eigenvalue weighted by Gasteiger charge is 2.20. The standard InChI is InChI=1S/C24H26N2O2/c1-2-28-19-13-11-18(12-14-19)23-17-21(20-9-5-6-10-22(20)25-23)24(27)26-15-7-3-4-8-16-26/h5-6,9-14,17H,2-4,7-8,15-16H2,1H3. The van der Waals surface area contributed by atoms with Gasteiger partial charge in [-0.25, -0.2) is 4.98 Å². The normalized spacial score (nSPS) is 14.7. The molecule has 4 rings (SSSR count). The molecule has 1 aliphatic rings. The molecule has 144 valence electrons. The van der Waals surface area contributed by atoms with Crippen LogP contribution in [0.3, 0.4) is 0 Å². The first-order valence-electron chi connectivity index (χ1n) is 10.2. The van der Waals surface area contributed by atoms with Crippen molar-refractivity contribution in [3.63, 3.8) is 0 Å². The van der Waals surface area contributed by atoms with Gasteiger partial charge in [-0.1, -0.05) is 31.0 Å². The summed E-state index contributed by atoms with van der Waals surface area (Å²) < 4.78 is 5.54. The van der Waals surface area contributed by atoms with Crippen molar-refractivity contribution in [1.82, 2.24) is 9.88 Å². The van der Waals surface area contributed by atoms with Gasteiger partial charge >= 0.3 is 0 Å². The van der Waals surface area contributed by atoms with Crippen molar-refractivity contribution in [3.05, 3.63) is 60.2 Å². The van der Waals surface area contributed by atoms with E-state index in [1.807, 2.05) is 66.4 Å². The van der Waals surface area contributed by atoms with Gasteiger partial charge in [-0.15, -0.1) is 0 Å². The lowest BCUT2D eigenvalue weighted by Crippen LogP contribution is -2.32. The summed E-state index contributed by atoms with van der Waals surface area (Å²) >= 11 is 0. The minimum atomic E-state index is 0.118. The lowest BCUT2D eigenvalue weighted by molar-refractivity contribution is 0.0763. The molecule has 0 aliphatic carbocycles. The number of amides is 1. The molecule has 2 aromatic carbocycles. The van der Waals surface area contributed by atoms with E-state index in [0.29, 0.717) is 6.61 Å². The summed E-state index contributed by atoms with van der Waals surface area (Å²) in [4.78, 5) is 20.2. The van der Waals surface area contributed by atoms with Gasteiger partial charge in [0.1, 0.15) is 5.75 Å². The minimum absolute atomic E-state index is 0.118. The molecular weight excluding hydrogens is 348 g/mol. The second kappa shape index (κ2) is 8.42. The summed E-state index contributed by atoms with van der Waals surface area (Å²) in [6.45, 7) is 4.29. The van der Waals surface area contributed by atoms with Crippen LogP contribution in [-0.4, -0.2) is 35.5 Å². The highest BCUT2D eigenvalue weighted by molar-refractivity contribution is 6.07. The quantitative estimate of drug-likeness (QED) is 0.621. The number of carbonyl (C=O) groups is 1. The maximum absolute atomic E-state index is 13.4. The summed E-state index contributed by atoms with van der Waals surface area (Å²) in [6, 6.07) is 17.8. The van der Waals surface area contributed by atoms with E-state index in [1.54, 1.807) is 0 Å². The number of rotatable bonds is 4. The number of hydrogen-bond donors (Lipinski definition) is 0. The van der Waals surface area contributed by atoms with Crippen molar-refractivity contribution in [2.45, 2.75) is 32.6 Å². The maximum Gasteiger partial charge on any atom is 0.254 e. The largest absolute Gasteiger partial charge is 0.494 e. The molecule has 1 aliphatic heterocycles. The molecule has 2 heterocycles. The highest BCUT2D eigenvalue weighted by atomic mass is 16.5. The van der Waals surface area contributed by atoms with Crippen LogP contribution in [0.15, 0.2) is 54.6 Å². The molecule has 1 fully saturated rings. The first-order chi connectivity index (χ1) is 13.8. The average molecular weight is 374 g/mol. The second-order valence-corrected chi connectivity index (χ2v) is 7.24. The molecule has 0 N–H and O–H groups in total. The van der Waals surface area contributed by atoms with E-state index in [-0.39, 0.29) is 5.91 Å². The number of fused-ring (bicyclic) bond motifs is 1. The van der Waals surface area contributed by atoms with Crippen molar-refractivity contribution in [1.29, 1.82) is 0 Å². The number of hydrogen-bond acceptors (Lipinski definition) is 3. The first-order valence-corrected chi connectivity index (χ1v) is 10.2. The van der Waals surface area contributed by atoms with Crippen LogP contribution in [0.5, 0.6) is 5.75 Å². The van der Waals surface area contributed by atoms with Crippen molar-refractivity contribution in [2.75, 3.05) is 19.7 Å². The first kappa shape index (κ1) is 18.5. The summed E-state index contributed by atoms with van der Waals surface area (Å²) in [5.41, 5.74) is 3.41. The van der Waals surface area contributed by atoms with E-state index in [2.05, 4.69) is 0 Å². The summed E-state index contributed by atoms with van der Waals surface area (Å²) in [7, 11) is 0. The van der Waals surface area contributed by atoms with Crippen LogP contribution in [-0.2, 0) is 0 Å². The SMILES string of the molecule is CCOc1ccc(-c2cc(C(=O)N3CCCCCC3)c3ccccc3n2)cc1. The van der Waals surface area contributed by atoms with Crippen molar-refractivity contribution in [2.24, 2.45) is 0 Å². The fraction of sp³-hybridized carbons (Fsp3) is 0.333. The number of benzene rings is 2. The van der Waals surface area contributed by atoms with Gasteiger partial charge in [0.05, 0.1) is 23.4 Å². The summed E-state index contributed by atoms with van der Waals surface area (Å²) in [5, 5.41) is 0.923. The Morgan fingerprint density at radius 2 is 1.71 bits per heavy atom. The van der Waals surface area contributed by atoms with Crippen LogP contribution in [0.4, 0.5) is 0 Å². The molecular formula is C24H26N2O2. The molecule has 0 unspecified atom stereocenters. The Kier molecular flexibility index (Phi) is 5.56. The number of nitrogens with zero attached hydrogens (tertiary/aromatic N) is 2. The van der Waals surface area contributed by atoms with Crippen LogP contribution < -0.4 is 4.74 Å². The molecule has 1 aromatic heterocycles. The summed E-state index contributed by atoms with van der Waals surface area (Å²) in [6.07, 6.45) is 4.58. The lowest BCUT2D eigenvalue weighted by atomic mass is 10.0. The van der Waals surface area contributed by atoms with Gasteiger partial charge in [0.2, 0.25) is 0 Å². The zero-order chi connectivity index (χ0) is 19.3. The maximum atomic E-state index is 13.4. The van der Waals surface area contributed by atoms with E-state index in [9.17, 15) is 4.79 Å². The third kappa shape index (κ3) is 3.86. The van der Waals surface area contributed by atoms with E-state index < -0.39 is 0 Å². The van der Waals surface area contributed by atoms with Gasteiger partial charge in [0.25, 0.3) is 5.91 Å². The summed E-state index contributed by atoms with van der Waals surface area (Å²) in [5.74, 6) is 0.959. The third-order valence-corrected chi connectivity index (χ3v) is 5.30. The molecule has 0 radical (unpaired) electrons. The number of likely N-dealkylation sites (tertiary alicyclic amines) is 1. The van der Waals surface area contributed by atoms with Gasteiger partial charge in [-0.2, -0.15) is 0 Å². The lowest BCUT2D eigenvalue weighted by Gasteiger charge is -2.21. The van der Waals surface area contributed by atoms with Crippen LogP contribution >= 0.6 is 0 Å². The van der Waals surface area contributed by atoms with Gasteiger partial charge in [0.15, 0.2) is 0 Å². The number of pyridine rings is 1. The third-order valence-electron chi connectivity index (χ3n) is 5.30. The number of para-hydroxylation sites is 1. The predicted octanol–water partition coefficient (Wildman–Crippen LogP) is 5.32. The Labute approximate surface area is 166 Å². The fourth-order valence-electron chi connectivity index (χ4n) is 3.83. The van der Waals surface area contributed by atoms with Gasteiger partial charge < -0.3 is 9.64 Å². The molecule has 3 aromatic rings. The molecule has 0 bridgehead atoms. The Morgan fingerprint density at radius 3 is 2.43 bits per heavy atom. The van der Waals surface area contributed by atoms with Crippen molar-refractivity contribution >= 4 is 16.8 Å². The van der Waals surface area contributed by atoms with Gasteiger partial charge in [0, 0.05) is 24.0 Å². The molecule has 0 spiro atoms. The second-order valence-electron chi connectivity index (χ2n) is 7.24. The Bertz CT molecular complexity index is 958. The van der Waals surface area contributed by atoms with E-state index >= 15 is 0 Å². The van der Waals surface area contributed by atoms with Crippen LogP contribution in [0.1, 0.15) is 43.0 Å². The van der Waals surface area contributed by atoms with Crippen LogP contribution in [0.25, 0.3) is 22.2 Å². The van der Waals surface area contributed by atoms with Gasteiger partial charge in [-0.3, -0.25) is 4.79 Å². The van der Waals surface area contributed by atoms with Crippen LogP contribution in [0, 0.1) is 0 Å². The number of aromatic nitrogens is 1. The zero-order valence-corrected chi connectivity index (χ0v) is 16.4. The minimum Gasteiger partial charge on any atom is -0.494 e. The monoisotopic (exact) mass is 374 g/mol. The molecule has 0 atom stereocenters.